The van der Waals surface area contributed by atoms with Crippen molar-refractivity contribution in [3.63, 3.8) is 0 Å². The quantitative estimate of drug-likeness (QED) is 0.296. The Morgan fingerprint density at radius 1 is 0.895 bits per heavy atom. The summed E-state index contributed by atoms with van der Waals surface area (Å²) in [6.07, 6.45) is 4.87. The first-order valence-corrected chi connectivity index (χ1v) is 20.5. The van der Waals surface area contributed by atoms with Crippen LogP contribution >= 0.6 is 0 Å². The number of carbonyl (C=O) groups excluding carboxylic acids is 4. The molecular weight excluding hydrogens is 729 g/mol. The van der Waals surface area contributed by atoms with Crippen LogP contribution in [0, 0.1) is 12.8 Å². The summed E-state index contributed by atoms with van der Waals surface area (Å²) in [5.74, 6) is 0.0311. The van der Waals surface area contributed by atoms with E-state index < -0.39 is 0 Å². The average molecular weight is 789 g/mol. The third-order valence-corrected chi connectivity index (χ3v) is 11.8. The molecule has 15 heteroatoms. The highest BCUT2D eigenvalue weighted by Crippen LogP contribution is 2.27. The maximum Gasteiger partial charge on any atom is 0.409 e. The van der Waals surface area contributed by atoms with E-state index in [1.165, 1.54) is 12.7 Å². The zero-order valence-corrected chi connectivity index (χ0v) is 34.3. The van der Waals surface area contributed by atoms with E-state index in [2.05, 4.69) is 43.3 Å². The van der Waals surface area contributed by atoms with Crippen LogP contribution in [-0.2, 0) is 31.9 Å². The number of carbonyl (C=O) groups is 4. The number of urea groups is 1. The second-order valence-corrected chi connectivity index (χ2v) is 15.6. The molecule has 1 aromatic heterocycles. The number of H-pyrrole nitrogens is 1. The molecule has 3 fully saturated rings. The Hall–Kier alpha value is -4.89. The summed E-state index contributed by atoms with van der Waals surface area (Å²) < 4.78 is 15.0. The van der Waals surface area contributed by atoms with Gasteiger partial charge in [0.1, 0.15) is 0 Å². The molecule has 4 aliphatic rings. The minimum absolute atomic E-state index is 0.0403. The fourth-order valence-corrected chi connectivity index (χ4v) is 8.66. The summed E-state index contributed by atoms with van der Waals surface area (Å²) in [5, 5.41) is 3.00. The lowest BCUT2D eigenvalue weighted by atomic mass is 9.96. The van der Waals surface area contributed by atoms with Crippen LogP contribution in [-0.4, -0.2) is 157 Å². The topological polar surface area (TPSA) is 153 Å². The fourth-order valence-electron chi connectivity index (χ4n) is 8.66. The number of rotatable bonds is 9. The van der Waals surface area contributed by atoms with Gasteiger partial charge in [-0.1, -0.05) is 31.2 Å². The number of aromatic nitrogens is 2. The highest BCUT2D eigenvalue weighted by Gasteiger charge is 2.33. The molecule has 3 saturated heterocycles. The van der Waals surface area contributed by atoms with E-state index in [1.807, 2.05) is 48.8 Å². The number of piperazine rings is 1. The van der Waals surface area contributed by atoms with Gasteiger partial charge in [-0.05, 0) is 81.2 Å². The molecule has 57 heavy (non-hydrogen) atoms. The summed E-state index contributed by atoms with van der Waals surface area (Å²) in [7, 11) is 3.00. The molecule has 15 nitrogen and oxygen atoms in total. The average Bonchev–Trinajstić information content (AvgIpc) is 3.58. The molecule has 0 aliphatic carbocycles. The molecule has 3 aromatic rings. The predicted molar refractivity (Wildman–Crippen MR) is 217 cm³/mol. The van der Waals surface area contributed by atoms with E-state index >= 15 is 0 Å². The predicted octanol–water partition coefficient (Wildman–Crippen LogP) is 4.54. The molecule has 0 radical (unpaired) electrons. The minimum Gasteiger partial charge on any atom is -0.468 e. The molecule has 0 saturated carbocycles. The van der Waals surface area contributed by atoms with Crippen LogP contribution in [0.25, 0.3) is 11.0 Å². The number of hydrogen-bond acceptors (Lipinski definition) is 10. The van der Waals surface area contributed by atoms with Crippen molar-refractivity contribution < 1.29 is 33.4 Å². The molecule has 0 unspecified atom stereocenters. The van der Waals surface area contributed by atoms with Crippen LogP contribution < -0.4 is 10.1 Å². The Balaban J connectivity index is 0.000000214. The Bertz CT molecular complexity index is 1840. The van der Waals surface area contributed by atoms with Gasteiger partial charge in [0.05, 0.1) is 38.4 Å². The van der Waals surface area contributed by atoms with Gasteiger partial charge < -0.3 is 39.2 Å². The second-order valence-electron chi connectivity index (χ2n) is 15.6. The zero-order chi connectivity index (χ0) is 40.5. The molecule has 4 aliphatic heterocycles. The van der Waals surface area contributed by atoms with Crippen LogP contribution in [0.3, 0.4) is 0 Å². The van der Waals surface area contributed by atoms with Crippen molar-refractivity contribution in [2.45, 2.75) is 71.4 Å². The second kappa shape index (κ2) is 19.5. The Labute approximate surface area is 336 Å². The monoisotopic (exact) mass is 788 g/mol. The first-order valence-electron chi connectivity index (χ1n) is 20.5. The van der Waals surface area contributed by atoms with E-state index in [1.54, 1.807) is 12.0 Å². The largest absolute Gasteiger partial charge is 0.468 e. The molecule has 2 aromatic carbocycles. The lowest BCUT2D eigenvalue weighted by Crippen LogP contribution is -2.54. The molecule has 0 bridgehead atoms. The molecule has 310 valence electrons. The molecule has 4 amide bonds. The van der Waals surface area contributed by atoms with Crippen molar-refractivity contribution in [2.75, 3.05) is 91.6 Å². The van der Waals surface area contributed by atoms with E-state index in [-0.39, 0.29) is 36.0 Å². The Morgan fingerprint density at radius 2 is 1.58 bits per heavy atom. The Morgan fingerprint density at radius 3 is 2.26 bits per heavy atom. The van der Waals surface area contributed by atoms with Crippen LogP contribution in [0.1, 0.15) is 56.2 Å². The molecule has 7 rings (SSSR count). The van der Waals surface area contributed by atoms with Gasteiger partial charge in [0.25, 0.3) is 6.01 Å². The number of amides is 4. The fraction of sp³-hybridized carbons (Fsp3) is 0.595. The highest BCUT2D eigenvalue weighted by molar-refractivity contribution is 5.91. The number of likely N-dealkylation sites (tertiary alicyclic amines) is 2. The number of ether oxygens (including phenoxy) is 3. The Kier molecular flexibility index (Phi) is 14.3. The summed E-state index contributed by atoms with van der Waals surface area (Å²) in [5.41, 5.74) is 6.15. The lowest BCUT2D eigenvalue weighted by molar-refractivity contribution is -0.145. The summed E-state index contributed by atoms with van der Waals surface area (Å²) in [4.78, 5) is 66.9. The van der Waals surface area contributed by atoms with Crippen LogP contribution in [0.4, 0.5) is 15.3 Å². The third kappa shape index (κ3) is 10.5. The van der Waals surface area contributed by atoms with Gasteiger partial charge in [-0.3, -0.25) is 19.4 Å². The summed E-state index contributed by atoms with van der Waals surface area (Å²) in [6.45, 7) is 14.0. The van der Waals surface area contributed by atoms with E-state index in [9.17, 15) is 19.2 Å². The number of aromatic amines is 1. The first kappa shape index (κ1) is 41.7. The number of aryl methyl sites for hydroxylation is 1. The van der Waals surface area contributed by atoms with Gasteiger partial charge in [-0.2, -0.15) is 4.98 Å². The van der Waals surface area contributed by atoms with Crippen molar-refractivity contribution in [1.29, 1.82) is 0 Å². The van der Waals surface area contributed by atoms with Crippen molar-refractivity contribution in [3.05, 3.63) is 53.1 Å². The third-order valence-electron chi connectivity index (χ3n) is 11.8. The SMILES string of the molecule is CCOC(=O)CN1CCN(C2CCN(C(=O)[C@H](C)Cc3cc(C)c4nc(OC)[nH]c4c3)CC2)CC1.COC(=O)N1CCC(N2CCc3ccccc3NC2=O)CC1. The summed E-state index contributed by atoms with van der Waals surface area (Å²) in [6, 6.07) is 13.3. The normalized spacial score (nSPS) is 19.2. The number of para-hydroxylation sites is 1. The van der Waals surface area contributed by atoms with E-state index in [0.717, 1.165) is 99.2 Å². The van der Waals surface area contributed by atoms with Crippen LogP contribution in [0.15, 0.2) is 36.4 Å². The number of nitrogens with zero attached hydrogens (tertiary/aromatic N) is 6. The molecule has 1 atom stereocenters. The molecular formula is C42H60N8O7. The molecule has 2 N–H and O–H groups in total. The summed E-state index contributed by atoms with van der Waals surface area (Å²) >= 11 is 0. The number of fused-ring (bicyclic) bond motifs is 2. The maximum absolute atomic E-state index is 13.2. The number of piperidine rings is 2. The minimum atomic E-state index is -0.286. The van der Waals surface area contributed by atoms with Gasteiger partial charge in [-0.15, -0.1) is 0 Å². The van der Waals surface area contributed by atoms with Gasteiger partial charge >= 0.3 is 18.1 Å². The van der Waals surface area contributed by atoms with Crippen LogP contribution in [0.5, 0.6) is 6.01 Å². The van der Waals surface area contributed by atoms with Gasteiger partial charge in [0.2, 0.25) is 5.91 Å². The van der Waals surface area contributed by atoms with Gasteiger partial charge in [0, 0.05) is 82.6 Å². The molecule has 5 heterocycles. The number of methoxy groups -OCH3 is 2. The molecule has 0 spiro atoms. The number of anilines is 1. The number of esters is 1. The van der Waals surface area contributed by atoms with E-state index in [0.29, 0.717) is 51.3 Å². The van der Waals surface area contributed by atoms with Gasteiger partial charge in [-0.25, -0.2) is 9.59 Å². The number of hydrogen-bond donors (Lipinski definition) is 2. The lowest BCUT2D eigenvalue weighted by Gasteiger charge is -2.43. The number of imidazole rings is 1. The van der Waals surface area contributed by atoms with E-state index in [4.69, 9.17) is 14.2 Å². The smallest absolute Gasteiger partial charge is 0.409 e. The zero-order valence-electron chi connectivity index (χ0n) is 34.3. The standard InChI is InChI=1S/C26H39N5O4.C16H21N3O3/c1-5-35-23(32)17-29-10-12-30(13-11-29)21-6-8-31(9-7-21)25(33)19(3)15-20-14-18(2)24-22(16-20)27-26(28-24)34-4;1-22-16(21)18-9-7-13(8-10-18)19-11-6-12-4-2-3-5-14(12)17-15(19)20/h14,16,19,21H,5-13,15,17H2,1-4H3,(H,27,28);2-5,13H,6-11H2,1H3,(H,17,20)/t19-;/m1./s1. The number of benzene rings is 2. The van der Waals surface area contributed by atoms with Gasteiger partial charge in [0.15, 0.2) is 0 Å². The van der Waals surface area contributed by atoms with Crippen LogP contribution in [0.2, 0.25) is 0 Å². The van der Waals surface area contributed by atoms with Crippen molar-refractivity contribution in [2.24, 2.45) is 5.92 Å². The van der Waals surface area contributed by atoms with Crippen molar-refractivity contribution >= 4 is 40.7 Å². The number of nitrogens with one attached hydrogen (secondary N) is 2. The van der Waals surface area contributed by atoms with Crippen molar-refractivity contribution in [1.82, 2.24) is 34.5 Å². The maximum atomic E-state index is 13.2. The first-order chi connectivity index (χ1) is 27.6. The highest BCUT2D eigenvalue weighted by atomic mass is 16.5. The van der Waals surface area contributed by atoms with Crippen molar-refractivity contribution in [3.8, 4) is 6.01 Å².